The van der Waals surface area contributed by atoms with Crippen molar-refractivity contribution < 1.29 is 9.32 Å². The maximum absolute atomic E-state index is 13.0. The Bertz CT molecular complexity index is 790. The van der Waals surface area contributed by atoms with Gasteiger partial charge in [-0.05, 0) is 39.3 Å². The predicted octanol–water partition coefficient (Wildman–Crippen LogP) is 2.04. The topological polar surface area (TPSA) is 101 Å². The van der Waals surface area contributed by atoms with E-state index in [1.807, 2.05) is 18.7 Å². The highest BCUT2D eigenvalue weighted by Gasteiger charge is 2.28. The molecule has 1 fully saturated rings. The Labute approximate surface area is 159 Å². The predicted molar refractivity (Wildman–Crippen MR) is 102 cm³/mol. The Morgan fingerprint density at radius 1 is 1.41 bits per heavy atom. The largest absolute Gasteiger partial charge is 0.384 e. The molecule has 1 aliphatic rings. The van der Waals surface area contributed by atoms with Crippen LogP contribution in [0.25, 0.3) is 0 Å². The molecule has 1 aliphatic heterocycles. The van der Waals surface area contributed by atoms with Crippen LogP contribution in [0.4, 0.5) is 5.82 Å². The van der Waals surface area contributed by atoms with E-state index in [0.717, 1.165) is 38.2 Å². The fourth-order valence-corrected chi connectivity index (χ4v) is 3.66. The van der Waals surface area contributed by atoms with Crippen LogP contribution in [0.15, 0.2) is 16.8 Å². The van der Waals surface area contributed by atoms with Gasteiger partial charge >= 0.3 is 0 Å². The second kappa shape index (κ2) is 8.47. The molecule has 0 unspecified atom stereocenters. The molecule has 2 N–H and O–H groups in total. The van der Waals surface area contributed by atoms with Crippen molar-refractivity contribution in [2.45, 2.75) is 52.1 Å². The third kappa shape index (κ3) is 4.44. The summed E-state index contributed by atoms with van der Waals surface area (Å²) in [4.78, 5) is 25.8. The van der Waals surface area contributed by atoms with E-state index in [9.17, 15) is 4.79 Å². The van der Waals surface area contributed by atoms with Crippen molar-refractivity contribution in [3.05, 3.63) is 35.1 Å². The Balaban J connectivity index is 1.63. The second-order valence-electron chi connectivity index (χ2n) is 7.11. The minimum atomic E-state index is 0.0352. The van der Waals surface area contributed by atoms with Gasteiger partial charge in [0.25, 0.3) is 5.91 Å². The number of anilines is 1. The number of rotatable bonds is 5. The van der Waals surface area contributed by atoms with E-state index in [-0.39, 0.29) is 5.91 Å². The average Bonchev–Trinajstić information content (AvgIpc) is 2.86. The Morgan fingerprint density at radius 2 is 2.22 bits per heavy atom. The van der Waals surface area contributed by atoms with Crippen LogP contribution in [0.2, 0.25) is 0 Å². The quantitative estimate of drug-likeness (QED) is 0.857. The summed E-state index contributed by atoms with van der Waals surface area (Å²) < 4.78 is 5.29. The highest BCUT2D eigenvalue weighted by atomic mass is 16.5. The standard InChI is InChI=1S/C19H28N6O2/c1-4-15-18(13(2)23-27-15)19(26)25-10-5-6-14(8-11-25)24(3)12-17-21-9-7-16(20)22-17/h7,9,14H,4-6,8,10-12H2,1-3H3,(H2,20,21,22)/t14-/m1/s1. The Morgan fingerprint density at radius 3 is 2.96 bits per heavy atom. The molecule has 3 heterocycles. The summed E-state index contributed by atoms with van der Waals surface area (Å²) in [7, 11) is 2.08. The Kier molecular flexibility index (Phi) is 6.05. The fourth-order valence-electron chi connectivity index (χ4n) is 3.66. The molecule has 1 saturated heterocycles. The summed E-state index contributed by atoms with van der Waals surface area (Å²) in [5.41, 5.74) is 7.06. The molecule has 0 radical (unpaired) electrons. The van der Waals surface area contributed by atoms with E-state index >= 15 is 0 Å². The molecule has 0 aliphatic carbocycles. The first-order chi connectivity index (χ1) is 13.0. The molecule has 2 aromatic heterocycles. The lowest BCUT2D eigenvalue weighted by Gasteiger charge is -2.26. The summed E-state index contributed by atoms with van der Waals surface area (Å²) in [5, 5.41) is 3.97. The van der Waals surface area contributed by atoms with E-state index in [2.05, 4.69) is 27.1 Å². The zero-order chi connectivity index (χ0) is 19.4. The minimum Gasteiger partial charge on any atom is -0.384 e. The maximum Gasteiger partial charge on any atom is 0.259 e. The monoisotopic (exact) mass is 372 g/mol. The number of carbonyl (C=O) groups is 1. The van der Waals surface area contributed by atoms with Gasteiger partial charge in [-0.15, -0.1) is 0 Å². The fraction of sp³-hybridized carbons (Fsp3) is 0.579. The number of nitrogens with two attached hydrogens (primary N) is 1. The molecule has 0 bridgehead atoms. The lowest BCUT2D eigenvalue weighted by atomic mass is 10.1. The molecule has 1 amide bonds. The zero-order valence-corrected chi connectivity index (χ0v) is 16.3. The molecule has 146 valence electrons. The van der Waals surface area contributed by atoms with Crippen molar-refractivity contribution in [3.63, 3.8) is 0 Å². The van der Waals surface area contributed by atoms with Gasteiger partial charge in [-0.25, -0.2) is 9.97 Å². The summed E-state index contributed by atoms with van der Waals surface area (Å²) in [6, 6.07) is 2.07. The molecule has 1 atom stereocenters. The van der Waals surface area contributed by atoms with Crippen molar-refractivity contribution in [2.75, 3.05) is 25.9 Å². The van der Waals surface area contributed by atoms with Gasteiger partial charge in [-0.1, -0.05) is 12.1 Å². The van der Waals surface area contributed by atoms with Gasteiger partial charge in [0.05, 0.1) is 12.2 Å². The first kappa shape index (κ1) is 19.3. The number of aryl methyl sites for hydroxylation is 2. The van der Waals surface area contributed by atoms with Gasteiger partial charge in [0.1, 0.15) is 23.0 Å². The maximum atomic E-state index is 13.0. The molecule has 0 saturated carbocycles. The van der Waals surface area contributed by atoms with Crippen molar-refractivity contribution >= 4 is 11.7 Å². The van der Waals surface area contributed by atoms with Crippen LogP contribution in [0.1, 0.15) is 53.8 Å². The van der Waals surface area contributed by atoms with Crippen molar-refractivity contribution in [1.29, 1.82) is 0 Å². The molecule has 8 heteroatoms. The Hall–Kier alpha value is -2.48. The highest BCUT2D eigenvalue weighted by Crippen LogP contribution is 2.22. The van der Waals surface area contributed by atoms with E-state index < -0.39 is 0 Å². The number of nitrogen functional groups attached to an aromatic ring is 1. The second-order valence-corrected chi connectivity index (χ2v) is 7.11. The van der Waals surface area contributed by atoms with Crippen molar-refractivity contribution in [1.82, 2.24) is 24.9 Å². The first-order valence-electron chi connectivity index (χ1n) is 9.51. The lowest BCUT2D eigenvalue weighted by molar-refractivity contribution is 0.0754. The van der Waals surface area contributed by atoms with Gasteiger partial charge in [-0.2, -0.15) is 0 Å². The SMILES string of the molecule is CCc1onc(C)c1C(=O)N1CCC[C@@H](N(C)Cc2nccc(N)n2)CC1. The van der Waals surface area contributed by atoms with Crippen molar-refractivity contribution in [2.24, 2.45) is 0 Å². The van der Waals surface area contributed by atoms with Gasteiger partial charge in [0, 0.05) is 31.7 Å². The van der Waals surface area contributed by atoms with E-state index in [1.165, 1.54) is 0 Å². The van der Waals surface area contributed by atoms with Gasteiger partial charge in [0.2, 0.25) is 0 Å². The third-order valence-electron chi connectivity index (χ3n) is 5.19. The minimum absolute atomic E-state index is 0.0352. The third-order valence-corrected chi connectivity index (χ3v) is 5.19. The van der Waals surface area contributed by atoms with Crippen LogP contribution in [0.5, 0.6) is 0 Å². The number of aromatic nitrogens is 3. The van der Waals surface area contributed by atoms with E-state index in [4.69, 9.17) is 10.3 Å². The summed E-state index contributed by atoms with van der Waals surface area (Å²) >= 11 is 0. The summed E-state index contributed by atoms with van der Waals surface area (Å²) in [6.07, 6.45) is 5.26. The van der Waals surface area contributed by atoms with Crippen LogP contribution in [0.3, 0.4) is 0 Å². The molecular weight excluding hydrogens is 344 g/mol. The first-order valence-corrected chi connectivity index (χ1v) is 9.51. The molecule has 0 aromatic carbocycles. The number of carbonyl (C=O) groups excluding carboxylic acids is 1. The van der Waals surface area contributed by atoms with E-state index in [0.29, 0.717) is 41.8 Å². The van der Waals surface area contributed by atoms with Crippen LogP contribution < -0.4 is 5.73 Å². The molecule has 27 heavy (non-hydrogen) atoms. The number of nitrogens with zero attached hydrogens (tertiary/aromatic N) is 5. The van der Waals surface area contributed by atoms with E-state index in [1.54, 1.807) is 12.3 Å². The zero-order valence-electron chi connectivity index (χ0n) is 16.3. The number of hydrogen-bond donors (Lipinski definition) is 1. The van der Waals surface area contributed by atoms with Gasteiger partial charge < -0.3 is 15.2 Å². The summed E-state index contributed by atoms with van der Waals surface area (Å²) in [6.45, 7) is 5.93. The van der Waals surface area contributed by atoms with Crippen LogP contribution in [0, 0.1) is 6.92 Å². The lowest BCUT2D eigenvalue weighted by Crippen LogP contribution is -2.35. The van der Waals surface area contributed by atoms with Crippen LogP contribution in [-0.4, -0.2) is 57.0 Å². The molecule has 8 nitrogen and oxygen atoms in total. The number of amides is 1. The van der Waals surface area contributed by atoms with Crippen LogP contribution in [-0.2, 0) is 13.0 Å². The van der Waals surface area contributed by atoms with Gasteiger partial charge in [-0.3, -0.25) is 9.69 Å². The molecular formula is C19H28N6O2. The summed E-state index contributed by atoms with van der Waals surface area (Å²) in [5.74, 6) is 1.92. The molecule has 2 aromatic rings. The number of likely N-dealkylation sites (tertiary alicyclic amines) is 1. The molecule has 0 spiro atoms. The normalized spacial score (nSPS) is 17.9. The van der Waals surface area contributed by atoms with Crippen LogP contribution >= 0.6 is 0 Å². The number of hydrogen-bond acceptors (Lipinski definition) is 7. The van der Waals surface area contributed by atoms with Gasteiger partial charge in [0.15, 0.2) is 0 Å². The smallest absolute Gasteiger partial charge is 0.259 e. The molecule has 3 rings (SSSR count). The van der Waals surface area contributed by atoms with Crippen molar-refractivity contribution in [3.8, 4) is 0 Å². The highest BCUT2D eigenvalue weighted by molar-refractivity contribution is 5.96. The average molecular weight is 372 g/mol.